The van der Waals surface area contributed by atoms with Crippen molar-refractivity contribution in [3.8, 4) is 0 Å². The Morgan fingerprint density at radius 3 is 2.85 bits per heavy atom. The molecule has 72 valence electrons. The van der Waals surface area contributed by atoms with Crippen LogP contribution in [-0.2, 0) is 9.53 Å². The van der Waals surface area contributed by atoms with E-state index in [-0.39, 0.29) is 5.97 Å². The monoisotopic (exact) mass is 180 g/mol. The van der Waals surface area contributed by atoms with Crippen LogP contribution in [0.4, 0.5) is 0 Å². The summed E-state index contributed by atoms with van der Waals surface area (Å²) in [4.78, 5) is 10.7. The van der Waals surface area contributed by atoms with Crippen molar-refractivity contribution >= 4 is 5.97 Å². The highest BCUT2D eigenvalue weighted by Crippen LogP contribution is 2.14. The molecule has 0 bridgehead atoms. The van der Waals surface area contributed by atoms with E-state index in [1.807, 2.05) is 6.08 Å². The van der Waals surface area contributed by atoms with E-state index in [4.69, 9.17) is 4.74 Å². The lowest BCUT2D eigenvalue weighted by Crippen LogP contribution is -1.98. The topological polar surface area (TPSA) is 26.3 Å². The number of rotatable bonds is 1. The quantitative estimate of drug-likeness (QED) is 0.458. The first-order valence-corrected chi connectivity index (χ1v) is 4.81. The Morgan fingerprint density at radius 1 is 1.31 bits per heavy atom. The molecular formula is C11H16O2. The van der Waals surface area contributed by atoms with E-state index < -0.39 is 0 Å². The van der Waals surface area contributed by atoms with Gasteiger partial charge in [0.15, 0.2) is 0 Å². The van der Waals surface area contributed by atoms with Gasteiger partial charge in [-0.05, 0) is 31.8 Å². The molecule has 13 heavy (non-hydrogen) atoms. The number of carbonyl (C=O) groups excluding carboxylic acids is 1. The van der Waals surface area contributed by atoms with Crippen molar-refractivity contribution in [3.05, 3.63) is 24.0 Å². The van der Waals surface area contributed by atoms with E-state index >= 15 is 0 Å². The van der Waals surface area contributed by atoms with Gasteiger partial charge in [-0.25, -0.2) is 0 Å². The molecule has 0 saturated heterocycles. The summed E-state index contributed by atoms with van der Waals surface area (Å²) in [6, 6.07) is 0. The lowest BCUT2D eigenvalue weighted by atomic mass is 10.2. The molecule has 1 rings (SSSR count). The summed E-state index contributed by atoms with van der Waals surface area (Å²) >= 11 is 0. The van der Waals surface area contributed by atoms with Crippen molar-refractivity contribution in [1.29, 1.82) is 0 Å². The molecule has 0 atom stereocenters. The summed E-state index contributed by atoms with van der Waals surface area (Å²) in [5, 5.41) is 0. The SMILES string of the molecule is CC(=O)O/C1=C/CC/C=C/CCC1. The van der Waals surface area contributed by atoms with Crippen molar-refractivity contribution in [2.24, 2.45) is 0 Å². The van der Waals surface area contributed by atoms with Crippen LogP contribution in [0.15, 0.2) is 24.0 Å². The standard InChI is InChI=1S/C11H16O2/c1-10(12)13-11-8-6-4-2-3-5-7-9-11/h2-3,8H,4-7,9H2,1H3/b3-2+,11-8+. The molecule has 0 heterocycles. The van der Waals surface area contributed by atoms with Gasteiger partial charge in [0.1, 0.15) is 5.76 Å². The van der Waals surface area contributed by atoms with Gasteiger partial charge >= 0.3 is 5.97 Å². The zero-order valence-corrected chi connectivity index (χ0v) is 8.08. The van der Waals surface area contributed by atoms with Crippen molar-refractivity contribution < 1.29 is 9.53 Å². The molecule has 0 aromatic heterocycles. The Morgan fingerprint density at radius 2 is 2.08 bits per heavy atom. The van der Waals surface area contributed by atoms with Crippen molar-refractivity contribution in [1.82, 2.24) is 0 Å². The normalized spacial score (nSPS) is 24.5. The minimum atomic E-state index is -0.210. The number of carbonyl (C=O) groups is 1. The fraction of sp³-hybridized carbons (Fsp3) is 0.545. The Hall–Kier alpha value is -1.05. The van der Waals surface area contributed by atoms with Crippen LogP contribution in [0, 0.1) is 0 Å². The summed E-state index contributed by atoms with van der Waals surface area (Å²) in [6.07, 6.45) is 11.5. The maximum absolute atomic E-state index is 10.7. The number of hydrogen-bond donors (Lipinski definition) is 0. The molecule has 0 N–H and O–H groups in total. The smallest absolute Gasteiger partial charge is 0.307 e. The second-order valence-electron chi connectivity index (χ2n) is 3.21. The minimum absolute atomic E-state index is 0.210. The predicted molar refractivity (Wildman–Crippen MR) is 52.1 cm³/mol. The molecule has 0 radical (unpaired) electrons. The first-order valence-electron chi connectivity index (χ1n) is 4.81. The lowest BCUT2D eigenvalue weighted by Gasteiger charge is -2.05. The van der Waals surface area contributed by atoms with E-state index in [0.29, 0.717) is 0 Å². The first kappa shape index (κ1) is 10.0. The molecule has 1 aliphatic carbocycles. The van der Waals surface area contributed by atoms with Crippen LogP contribution in [0.3, 0.4) is 0 Å². The van der Waals surface area contributed by atoms with E-state index in [9.17, 15) is 4.79 Å². The van der Waals surface area contributed by atoms with Gasteiger partial charge < -0.3 is 4.74 Å². The minimum Gasteiger partial charge on any atom is -0.432 e. The zero-order chi connectivity index (χ0) is 9.52. The molecule has 0 unspecified atom stereocenters. The van der Waals surface area contributed by atoms with Crippen LogP contribution in [0.5, 0.6) is 0 Å². The van der Waals surface area contributed by atoms with Crippen molar-refractivity contribution in [2.45, 2.75) is 39.0 Å². The van der Waals surface area contributed by atoms with Gasteiger partial charge in [-0.1, -0.05) is 12.2 Å². The molecule has 1 aliphatic rings. The number of ether oxygens (including phenoxy) is 1. The first-order chi connectivity index (χ1) is 6.29. The van der Waals surface area contributed by atoms with Crippen LogP contribution in [0.25, 0.3) is 0 Å². The highest BCUT2D eigenvalue weighted by molar-refractivity contribution is 5.67. The van der Waals surface area contributed by atoms with E-state index in [2.05, 4.69) is 12.2 Å². The van der Waals surface area contributed by atoms with Gasteiger partial charge in [-0.3, -0.25) is 4.79 Å². The Kier molecular flexibility index (Phi) is 4.30. The Labute approximate surface area is 79.3 Å². The highest BCUT2D eigenvalue weighted by Gasteiger charge is 2.02. The van der Waals surface area contributed by atoms with Crippen molar-refractivity contribution in [3.63, 3.8) is 0 Å². The predicted octanol–water partition coefficient (Wildman–Crippen LogP) is 2.95. The maximum atomic E-state index is 10.7. The molecule has 0 aromatic carbocycles. The molecule has 0 fully saturated rings. The van der Waals surface area contributed by atoms with Crippen LogP contribution in [0.1, 0.15) is 39.0 Å². The zero-order valence-electron chi connectivity index (χ0n) is 8.08. The van der Waals surface area contributed by atoms with Crippen LogP contribution < -0.4 is 0 Å². The van der Waals surface area contributed by atoms with Crippen molar-refractivity contribution in [2.75, 3.05) is 0 Å². The fourth-order valence-electron chi connectivity index (χ4n) is 1.35. The van der Waals surface area contributed by atoms with E-state index in [1.54, 1.807) is 0 Å². The summed E-state index contributed by atoms with van der Waals surface area (Å²) in [5.41, 5.74) is 0. The average molecular weight is 180 g/mol. The van der Waals surface area contributed by atoms with Crippen LogP contribution in [-0.4, -0.2) is 5.97 Å². The van der Waals surface area contributed by atoms with Crippen LogP contribution in [0.2, 0.25) is 0 Å². The van der Waals surface area contributed by atoms with Gasteiger partial charge in [-0.2, -0.15) is 0 Å². The van der Waals surface area contributed by atoms with Gasteiger partial charge in [0.2, 0.25) is 0 Å². The molecular weight excluding hydrogens is 164 g/mol. The summed E-state index contributed by atoms with van der Waals surface area (Å²) in [5.74, 6) is 0.634. The van der Waals surface area contributed by atoms with Gasteiger partial charge in [-0.15, -0.1) is 0 Å². The number of esters is 1. The highest BCUT2D eigenvalue weighted by atomic mass is 16.5. The molecule has 0 aromatic rings. The third kappa shape index (κ3) is 4.51. The molecule has 2 nitrogen and oxygen atoms in total. The number of allylic oxidation sites excluding steroid dienone is 4. The van der Waals surface area contributed by atoms with E-state index in [1.165, 1.54) is 6.92 Å². The summed E-state index contributed by atoms with van der Waals surface area (Å²) in [6.45, 7) is 1.45. The third-order valence-electron chi connectivity index (χ3n) is 1.94. The second kappa shape index (κ2) is 5.57. The average Bonchev–Trinajstić information content (AvgIpc) is 2.17. The largest absolute Gasteiger partial charge is 0.432 e. The Balaban J connectivity index is 2.46. The fourth-order valence-corrected chi connectivity index (χ4v) is 1.35. The summed E-state index contributed by atoms with van der Waals surface area (Å²) < 4.78 is 5.08. The second-order valence-corrected chi connectivity index (χ2v) is 3.21. The maximum Gasteiger partial charge on any atom is 0.307 e. The Bertz CT molecular complexity index is 226. The molecule has 0 amide bonds. The van der Waals surface area contributed by atoms with Gasteiger partial charge in [0, 0.05) is 13.3 Å². The third-order valence-corrected chi connectivity index (χ3v) is 1.94. The molecule has 0 saturated carbocycles. The van der Waals surface area contributed by atoms with Gasteiger partial charge in [0.05, 0.1) is 0 Å². The van der Waals surface area contributed by atoms with E-state index in [0.717, 1.165) is 37.9 Å². The molecule has 2 heteroatoms. The molecule has 0 aliphatic heterocycles. The number of hydrogen-bond acceptors (Lipinski definition) is 2. The van der Waals surface area contributed by atoms with Crippen LogP contribution >= 0.6 is 0 Å². The lowest BCUT2D eigenvalue weighted by molar-refractivity contribution is -0.137. The molecule has 0 spiro atoms. The summed E-state index contributed by atoms with van der Waals surface area (Å²) in [7, 11) is 0. The van der Waals surface area contributed by atoms with Gasteiger partial charge in [0.25, 0.3) is 0 Å².